The van der Waals surface area contributed by atoms with Gasteiger partial charge in [0.15, 0.2) is 0 Å². The fourth-order valence-corrected chi connectivity index (χ4v) is 4.84. The van der Waals surface area contributed by atoms with Crippen LogP contribution in [-0.4, -0.2) is 16.4 Å². The molecule has 0 amide bonds. The first kappa shape index (κ1) is 27.5. The van der Waals surface area contributed by atoms with Crippen LogP contribution in [0.3, 0.4) is 0 Å². The first-order chi connectivity index (χ1) is 16.6. The van der Waals surface area contributed by atoms with Crippen molar-refractivity contribution in [3.63, 3.8) is 0 Å². The summed E-state index contributed by atoms with van der Waals surface area (Å²) in [6, 6.07) is 15.0. The second kappa shape index (κ2) is 10.1. The highest BCUT2D eigenvalue weighted by atomic mass is 14.9. The van der Waals surface area contributed by atoms with E-state index in [9.17, 15) is 0 Å². The van der Waals surface area contributed by atoms with E-state index in [-0.39, 0.29) is 10.8 Å². The summed E-state index contributed by atoms with van der Waals surface area (Å²) >= 11 is 0. The summed E-state index contributed by atoms with van der Waals surface area (Å²) in [5, 5.41) is 0. The zero-order valence-electron chi connectivity index (χ0n) is 24.4. The number of pyridine rings is 1. The van der Waals surface area contributed by atoms with Gasteiger partial charge in [-0.3, -0.25) is 9.98 Å². The number of aromatic nitrogens is 1. The maximum Gasteiger partial charge on any atom is 0.0858 e. The van der Waals surface area contributed by atoms with Crippen LogP contribution in [-0.2, 0) is 0 Å². The minimum Gasteiger partial charge on any atom is -0.250 e. The average Bonchev–Trinajstić information content (AvgIpc) is 2.70. The molecule has 0 spiro atoms. The third-order valence-electron chi connectivity index (χ3n) is 6.37. The van der Waals surface area contributed by atoms with Crippen LogP contribution in [0, 0.1) is 52.4 Å². The normalized spacial score (nSPS) is 13.3. The van der Waals surface area contributed by atoms with Gasteiger partial charge < -0.3 is 0 Å². The number of aryl methyl sites for hydroxylation is 6. The molecule has 0 saturated carbocycles. The van der Waals surface area contributed by atoms with E-state index >= 15 is 0 Å². The van der Waals surface area contributed by atoms with Crippen molar-refractivity contribution in [1.82, 2.24) is 4.98 Å². The van der Waals surface area contributed by atoms with Crippen molar-refractivity contribution in [3.8, 4) is 0 Å². The largest absolute Gasteiger partial charge is 0.250 e. The van der Waals surface area contributed by atoms with Gasteiger partial charge in [0.05, 0.1) is 34.2 Å². The van der Waals surface area contributed by atoms with Crippen LogP contribution in [0.5, 0.6) is 0 Å². The van der Waals surface area contributed by atoms with E-state index in [0.29, 0.717) is 0 Å². The van der Waals surface area contributed by atoms with Gasteiger partial charge in [-0.25, -0.2) is 4.98 Å². The molecule has 3 aromatic rings. The quantitative estimate of drug-likeness (QED) is 0.342. The van der Waals surface area contributed by atoms with E-state index in [4.69, 9.17) is 15.0 Å². The van der Waals surface area contributed by atoms with E-state index in [1.54, 1.807) is 0 Å². The van der Waals surface area contributed by atoms with Crippen LogP contribution in [0.15, 0.2) is 52.4 Å². The fraction of sp³-hybridized carbons (Fsp3) is 0.424. The Balaban J connectivity index is 2.24. The van der Waals surface area contributed by atoms with Crippen molar-refractivity contribution in [2.45, 2.75) is 83.1 Å². The van der Waals surface area contributed by atoms with Crippen molar-refractivity contribution >= 4 is 22.8 Å². The predicted octanol–water partition coefficient (Wildman–Crippen LogP) is 9.27. The van der Waals surface area contributed by atoms with Gasteiger partial charge in [0.2, 0.25) is 0 Å². The van der Waals surface area contributed by atoms with E-state index < -0.39 is 0 Å². The molecular weight excluding hydrogens is 438 g/mol. The lowest BCUT2D eigenvalue weighted by Gasteiger charge is -2.25. The molecule has 3 nitrogen and oxygen atoms in total. The minimum absolute atomic E-state index is 0.182. The number of rotatable bonds is 4. The first-order valence-corrected chi connectivity index (χ1v) is 12.9. The molecule has 1 aromatic heterocycles. The van der Waals surface area contributed by atoms with Gasteiger partial charge in [0.1, 0.15) is 0 Å². The summed E-state index contributed by atoms with van der Waals surface area (Å²) in [7, 11) is 0. The molecule has 3 heteroatoms. The zero-order valence-corrected chi connectivity index (χ0v) is 24.4. The molecule has 190 valence electrons. The lowest BCUT2D eigenvalue weighted by Crippen LogP contribution is -2.26. The van der Waals surface area contributed by atoms with Gasteiger partial charge in [-0.05, 0) is 75.9 Å². The number of aliphatic imine (C=N–C) groups is 2. The number of hydrogen-bond donors (Lipinski definition) is 0. The second-order valence-electron chi connectivity index (χ2n) is 12.3. The molecule has 0 aliphatic rings. The van der Waals surface area contributed by atoms with Crippen molar-refractivity contribution in [2.75, 3.05) is 0 Å². The second-order valence-corrected chi connectivity index (χ2v) is 12.3. The maximum absolute atomic E-state index is 5.24. The number of hydrogen-bond acceptors (Lipinski definition) is 3. The highest BCUT2D eigenvalue weighted by Gasteiger charge is 2.27. The molecule has 3 rings (SSSR count). The Morgan fingerprint density at radius 1 is 0.556 bits per heavy atom. The van der Waals surface area contributed by atoms with Gasteiger partial charge in [-0.1, -0.05) is 83.0 Å². The number of nitrogens with zero attached hydrogens (tertiary/aromatic N) is 3. The van der Waals surface area contributed by atoms with E-state index in [2.05, 4.69) is 126 Å². The molecular formula is C33H43N3. The Morgan fingerprint density at radius 3 is 1.14 bits per heavy atom. The van der Waals surface area contributed by atoms with Crippen LogP contribution in [0.25, 0.3) is 0 Å². The van der Waals surface area contributed by atoms with Crippen LogP contribution in [0.1, 0.15) is 86.3 Å². The van der Waals surface area contributed by atoms with Crippen LogP contribution in [0.4, 0.5) is 11.4 Å². The van der Waals surface area contributed by atoms with Gasteiger partial charge in [0.25, 0.3) is 0 Å². The number of benzene rings is 2. The Labute approximate surface area is 218 Å². The maximum atomic E-state index is 5.24. The van der Waals surface area contributed by atoms with Gasteiger partial charge in [-0.2, -0.15) is 0 Å². The van der Waals surface area contributed by atoms with Crippen LogP contribution in [0.2, 0.25) is 0 Å². The zero-order chi connectivity index (χ0) is 27.0. The standard InChI is InChI=1S/C33H43N3/c1-20-16-22(3)28(23(4)17-20)35-30(32(7,8)9)26-14-13-15-27(34-26)31(33(10,11)12)36-29-24(5)18-21(2)19-25(29)6/h13-19H,1-12H3. The molecule has 1 heterocycles. The van der Waals surface area contributed by atoms with Crippen molar-refractivity contribution in [3.05, 3.63) is 87.2 Å². The summed E-state index contributed by atoms with van der Waals surface area (Å²) in [5.74, 6) is 0. The lowest BCUT2D eigenvalue weighted by molar-refractivity contribution is 0.587. The third-order valence-corrected chi connectivity index (χ3v) is 6.37. The molecule has 0 atom stereocenters. The third kappa shape index (κ3) is 6.19. The molecule has 0 bridgehead atoms. The monoisotopic (exact) mass is 481 g/mol. The summed E-state index contributed by atoms with van der Waals surface area (Å²) in [6.07, 6.45) is 0. The molecule has 0 unspecified atom stereocenters. The Kier molecular flexibility index (Phi) is 7.74. The van der Waals surface area contributed by atoms with Gasteiger partial charge in [-0.15, -0.1) is 0 Å². The summed E-state index contributed by atoms with van der Waals surface area (Å²) in [5.41, 5.74) is 12.7. The highest BCUT2D eigenvalue weighted by Crippen LogP contribution is 2.33. The Hall–Kier alpha value is -3.07. The van der Waals surface area contributed by atoms with Crippen molar-refractivity contribution in [2.24, 2.45) is 20.8 Å². The SMILES string of the molecule is Cc1cc(C)c(N=C(c2cccc(C(=Nc3c(C)cc(C)cc3C)C(C)(C)C)n2)C(C)(C)C)c(C)c1. The van der Waals surface area contributed by atoms with Crippen LogP contribution >= 0.6 is 0 Å². The topological polar surface area (TPSA) is 37.6 Å². The highest BCUT2D eigenvalue weighted by molar-refractivity contribution is 6.07. The Morgan fingerprint density at radius 2 is 0.861 bits per heavy atom. The molecule has 0 N–H and O–H groups in total. The average molecular weight is 482 g/mol. The summed E-state index contributed by atoms with van der Waals surface area (Å²) in [4.78, 5) is 15.7. The van der Waals surface area contributed by atoms with Crippen molar-refractivity contribution in [1.29, 1.82) is 0 Å². The minimum atomic E-state index is -0.182. The van der Waals surface area contributed by atoms with E-state index in [1.165, 1.54) is 33.4 Å². The van der Waals surface area contributed by atoms with Crippen LogP contribution < -0.4 is 0 Å². The summed E-state index contributed by atoms with van der Waals surface area (Å²) < 4.78 is 0. The lowest BCUT2D eigenvalue weighted by atomic mass is 9.85. The molecule has 2 aromatic carbocycles. The van der Waals surface area contributed by atoms with Gasteiger partial charge in [0, 0.05) is 10.8 Å². The smallest absolute Gasteiger partial charge is 0.0858 e. The van der Waals surface area contributed by atoms with Gasteiger partial charge >= 0.3 is 0 Å². The molecule has 0 radical (unpaired) electrons. The van der Waals surface area contributed by atoms with E-state index in [1.807, 2.05) is 0 Å². The molecule has 0 aliphatic carbocycles. The predicted molar refractivity (Wildman–Crippen MR) is 157 cm³/mol. The first-order valence-electron chi connectivity index (χ1n) is 12.9. The molecule has 0 aliphatic heterocycles. The molecule has 0 fully saturated rings. The van der Waals surface area contributed by atoms with E-state index in [0.717, 1.165) is 34.2 Å². The molecule has 36 heavy (non-hydrogen) atoms. The van der Waals surface area contributed by atoms with Crippen molar-refractivity contribution < 1.29 is 0 Å². The Bertz CT molecular complexity index is 1200. The fourth-order valence-electron chi connectivity index (χ4n) is 4.84. The molecule has 0 saturated heterocycles. The summed E-state index contributed by atoms with van der Waals surface area (Å²) in [6.45, 7) is 26.1.